The number of nitro groups is 1. The highest BCUT2D eigenvalue weighted by atomic mass is 16.6. The Balaban J connectivity index is 1.70. The molecule has 108 valence electrons. The van der Waals surface area contributed by atoms with E-state index in [1.54, 1.807) is 12.1 Å². The number of fused-ring (bicyclic) bond motifs is 3. The first kappa shape index (κ1) is 12.5. The first-order chi connectivity index (χ1) is 10.2. The lowest BCUT2D eigenvalue weighted by Gasteiger charge is -2.23. The third-order valence-corrected chi connectivity index (χ3v) is 4.89. The number of hydrogen-bond acceptors (Lipinski definition) is 5. The molecular weight excluding hydrogens is 268 g/mol. The molecule has 2 bridgehead atoms. The van der Waals surface area contributed by atoms with E-state index in [9.17, 15) is 10.1 Å². The van der Waals surface area contributed by atoms with Crippen molar-refractivity contribution in [2.45, 2.75) is 31.7 Å². The smallest absolute Gasteiger partial charge is 0.270 e. The lowest BCUT2D eigenvalue weighted by Crippen LogP contribution is -2.26. The molecule has 0 radical (unpaired) electrons. The van der Waals surface area contributed by atoms with Gasteiger partial charge in [-0.1, -0.05) is 6.42 Å². The second-order valence-electron chi connectivity index (χ2n) is 6.11. The summed E-state index contributed by atoms with van der Waals surface area (Å²) < 4.78 is 0. The number of anilines is 1. The van der Waals surface area contributed by atoms with Crippen molar-refractivity contribution in [1.82, 2.24) is 9.97 Å². The maximum Gasteiger partial charge on any atom is 0.270 e. The van der Waals surface area contributed by atoms with E-state index in [2.05, 4.69) is 15.3 Å². The molecule has 0 aliphatic heterocycles. The minimum Gasteiger partial charge on any atom is -0.366 e. The van der Waals surface area contributed by atoms with Gasteiger partial charge < -0.3 is 5.32 Å². The number of rotatable bonds is 3. The van der Waals surface area contributed by atoms with E-state index >= 15 is 0 Å². The summed E-state index contributed by atoms with van der Waals surface area (Å²) >= 11 is 0. The summed E-state index contributed by atoms with van der Waals surface area (Å²) in [4.78, 5) is 19.1. The summed E-state index contributed by atoms with van der Waals surface area (Å²) in [6.45, 7) is 0. The Bertz CT molecular complexity index is 718. The van der Waals surface area contributed by atoms with E-state index in [4.69, 9.17) is 0 Å². The molecule has 6 nitrogen and oxygen atoms in total. The van der Waals surface area contributed by atoms with Crippen LogP contribution in [-0.4, -0.2) is 20.9 Å². The molecule has 21 heavy (non-hydrogen) atoms. The molecular formula is C15H16N4O2. The number of nitrogens with zero attached hydrogens (tertiary/aromatic N) is 3. The number of nitrogens with one attached hydrogen (secondary N) is 1. The predicted molar refractivity (Wildman–Crippen MR) is 79.1 cm³/mol. The topological polar surface area (TPSA) is 81.0 Å². The van der Waals surface area contributed by atoms with Crippen LogP contribution in [0.5, 0.6) is 0 Å². The van der Waals surface area contributed by atoms with Crippen LogP contribution in [-0.2, 0) is 0 Å². The Kier molecular flexibility index (Phi) is 2.77. The number of hydrogen-bond donors (Lipinski definition) is 1. The first-order valence-corrected chi connectivity index (χ1v) is 7.36. The molecule has 0 saturated heterocycles. The van der Waals surface area contributed by atoms with E-state index in [-0.39, 0.29) is 10.6 Å². The van der Waals surface area contributed by atoms with Gasteiger partial charge in [0.1, 0.15) is 12.1 Å². The fraction of sp³-hybridized carbons (Fsp3) is 0.467. The normalized spacial score (nSPS) is 27.1. The van der Waals surface area contributed by atoms with Crippen molar-refractivity contribution in [1.29, 1.82) is 0 Å². The van der Waals surface area contributed by atoms with Crippen LogP contribution in [0.4, 0.5) is 11.5 Å². The molecule has 0 spiro atoms. The van der Waals surface area contributed by atoms with Gasteiger partial charge in [-0.15, -0.1) is 0 Å². The largest absolute Gasteiger partial charge is 0.366 e. The average molecular weight is 284 g/mol. The van der Waals surface area contributed by atoms with Crippen LogP contribution < -0.4 is 5.32 Å². The van der Waals surface area contributed by atoms with E-state index in [1.165, 1.54) is 38.1 Å². The van der Waals surface area contributed by atoms with Crippen LogP contribution in [0.25, 0.3) is 10.9 Å². The monoisotopic (exact) mass is 284 g/mol. The van der Waals surface area contributed by atoms with Crippen LogP contribution in [0, 0.1) is 22.0 Å². The fourth-order valence-corrected chi connectivity index (χ4v) is 3.87. The molecule has 0 amide bonds. The van der Waals surface area contributed by atoms with Crippen molar-refractivity contribution >= 4 is 22.4 Å². The SMILES string of the molecule is O=[N+]([O-])c1ccc2ncnc(NC3CC4CCC3C4)c2c1. The Labute approximate surface area is 121 Å². The predicted octanol–water partition coefficient (Wildman–Crippen LogP) is 3.14. The van der Waals surface area contributed by atoms with Gasteiger partial charge in [-0.2, -0.15) is 0 Å². The molecule has 3 atom stereocenters. The summed E-state index contributed by atoms with van der Waals surface area (Å²) in [5, 5.41) is 15.2. The Morgan fingerprint density at radius 2 is 2.14 bits per heavy atom. The van der Waals surface area contributed by atoms with Gasteiger partial charge >= 0.3 is 0 Å². The highest BCUT2D eigenvalue weighted by Crippen LogP contribution is 2.45. The number of benzene rings is 1. The van der Waals surface area contributed by atoms with Crippen LogP contribution in [0.2, 0.25) is 0 Å². The van der Waals surface area contributed by atoms with E-state index in [1.807, 2.05) is 0 Å². The first-order valence-electron chi connectivity index (χ1n) is 7.36. The molecule has 1 heterocycles. The summed E-state index contributed by atoms with van der Waals surface area (Å²) in [5.41, 5.74) is 0.814. The molecule has 2 saturated carbocycles. The molecule has 2 fully saturated rings. The van der Waals surface area contributed by atoms with Crippen LogP contribution in [0.3, 0.4) is 0 Å². The Morgan fingerprint density at radius 1 is 1.24 bits per heavy atom. The minimum atomic E-state index is -0.381. The van der Waals surface area contributed by atoms with E-state index < -0.39 is 0 Å². The molecule has 1 N–H and O–H groups in total. The van der Waals surface area contributed by atoms with Gasteiger partial charge in [-0.25, -0.2) is 9.97 Å². The van der Waals surface area contributed by atoms with Crippen LogP contribution >= 0.6 is 0 Å². The van der Waals surface area contributed by atoms with E-state index in [0.29, 0.717) is 6.04 Å². The maximum absolute atomic E-state index is 10.9. The van der Waals surface area contributed by atoms with Gasteiger partial charge in [0.2, 0.25) is 0 Å². The van der Waals surface area contributed by atoms with Gasteiger partial charge in [0.05, 0.1) is 10.4 Å². The van der Waals surface area contributed by atoms with Gasteiger partial charge in [0.15, 0.2) is 0 Å². The van der Waals surface area contributed by atoms with Gasteiger partial charge in [0, 0.05) is 23.6 Å². The van der Waals surface area contributed by atoms with Crippen molar-refractivity contribution in [3.8, 4) is 0 Å². The molecule has 1 aromatic carbocycles. The fourth-order valence-electron chi connectivity index (χ4n) is 3.87. The van der Waals surface area contributed by atoms with Gasteiger partial charge in [-0.3, -0.25) is 10.1 Å². The highest BCUT2D eigenvalue weighted by molar-refractivity contribution is 5.90. The van der Waals surface area contributed by atoms with Crippen LogP contribution in [0.1, 0.15) is 25.7 Å². The average Bonchev–Trinajstić information content (AvgIpc) is 3.09. The lowest BCUT2D eigenvalue weighted by molar-refractivity contribution is -0.384. The third-order valence-electron chi connectivity index (χ3n) is 4.89. The standard InChI is InChI=1S/C15H16N4O2/c20-19(21)11-3-4-13-12(7-11)15(17-8-16-13)18-14-6-9-1-2-10(14)5-9/h3-4,7-10,14H,1-2,5-6H2,(H,16,17,18). The zero-order valence-electron chi connectivity index (χ0n) is 11.5. The number of non-ortho nitro benzene ring substituents is 1. The van der Waals surface area contributed by atoms with Crippen molar-refractivity contribution in [2.75, 3.05) is 5.32 Å². The molecule has 3 unspecified atom stereocenters. The van der Waals surface area contributed by atoms with Crippen molar-refractivity contribution < 1.29 is 4.92 Å². The van der Waals surface area contributed by atoms with E-state index in [0.717, 1.165) is 28.6 Å². The zero-order chi connectivity index (χ0) is 14.4. The molecule has 2 aromatic rings. The zero-order valence-corrected chi connectivity index (χ0v) is 11.5. The van der Waals surface area contributed by atoms with Crippen molar-refractivity contribution in [3.05, 3.63) is 34.6 Å². The molecule has 4 rings (SSSR count). The highest BCUT2D eigenvalue weighted by Gasteiger charge is 2.39. The van der Waals surface area contributed by atoms with Gasteiger partial charge in [-0.05, 0) is 37.2 Å². The molecule has 6 heteroatoms. The summed E-state index contributed by atoms with van der Waals surface area (Å²) in [6.07, 6.45) is 6.64. The van der Waals surface area contributed by atoms with Crippen LogP contribution in [0.15, 0.2) is 24.5 Å². The quantitative estimate of drug-likeness (QED) is 0.691. The van der Waals surface area contributed by atoms with Gasteiger partial charge in [0.25, 0.3) is 5.69 Å². The molecule has 2 aliphatic rings. The molecule has 1 aromatic heterocycles. The number of aromatic nitrogens is 2. The maximum atomic E-state index is 10.9. The minimum absolute atomic E-state index is 0.0771. The summed E-state index contributed by atoms with van der Waals surface area (Å²) in [5.74, 6) is 2.29. The Hall–Kier alpha value is -2.24. The second kappa shape index (κ2) is 4.65. The molecule has 2 aliphatic carbocycles. The number of nitro benzene ring substituents is 1. The van der Waals surface area contributed by atoms with Crippen molar-refractivity contribution in [3.63, 3.8) is 0 Å². The summed E-state index contributed by atoms with van der Waals surface area (Å²) in [6, 6.07) is 5.17. The van der Waals surface area contributed by atoms with Crippen molar-refractivity contribution in [2.24, 2.45) is 11.8 Å². The second-order valence-corrected chi connectivity index (χ2v) is 6.11. The Morgan fingerprint density at radius 3 is 2.86 bits per heavy atom. The lowest BCUT2D eigenvalue weighted by atomic mass is 9.95. The third kappa shape index (κ3) is 2.11. The summed E-state index contributed by atoms with van der Waals surface area (Å²) in [7, 11) is 0.